The summed E-state index contributed by atoms with van der Waals surface area (Å²) in [6, 6.07) is 24.7. The highest BCUT2D eigenvalue weighted by atomic mass is 32.2. The van der Waals surface area contributed by atoms with Crippen molar-refractivity contribution >= 4 is 28.4 Å². The van der Waals surface area contributed by atoms with Gasteiger partial charge in [0.05, 0.1) is 30.3 Å². The average Bonchev–Trinajstić information content (AvgIpc) is 3.28. The molecule has 0 aliphatic heterocycles. The number of rotatable bonds is 8. The first kappa shape index (κ1) is 21.1. The van der Waals surface area contributed by atoms with Crippen LogP contribution in [0.15, 0.2) is 88.8 Å². The van der Waals surface area contributed by atoms with Crippen molar-refractivity contribution in [1.29, 1.82) is 0 Å². The van der Waals surface area contributed by atoms with Crippen LogP contribution in [0.1, 0.15) is 6.42 Å². The Balaban J connectivity index is 1.48. The predicted molar refractivity (Wildman–Crippen MR) is 130 cm³/mol. The largest absolute Gasteiger partial charge is 0.497 e. The topological polar surface area (TPSA) is 70.7 Å². The molecule has 0 saturated carbocycles. The minimum absolute atomic E-state index is 0.147. The normalized spacial score (nSPS) is 11.2. The summed E-state index contributed by atoms with van der Waals surface area (Å²) in [7, 11) is 1.60. The van der Waals surface area contributed by atoms with Crippen LogP contribution in [-0.2, 0) is 0 Å². The number of methoxy groups -OCH3 is 1. The molecule has 0 bridgehead atoms. The van der Waals surface area contributed by atoms with Crippen LogP contribution >= 0.6 is 11.8 Å². The van der Waals surface area contributed by atoms with E-state index in [1.54, 1.807) is 23.4 Å². The van der Waals surface area contributed by atoms with Crippen molar-refractivity contribution in [3.8, 4) is 17.2 Å². The van der Waals surface area contributed by atoms with Crippen molar-refractivity contribution in [2.45, 2.75) is 11.6 Å². The molecule has 0 unspecified atom stereocenters. The molecule has 7 nitrogen and oxygen atoms in total. The molecule has 2 aromatic heterocycles. The van der Waals surface area contributed by atoms with Gasteiger partial charge in [-0.25, -0.2) is 4.57 Å². The van der Waals surface area contributed by atoms with Gasteiger partial charge in [0.25, 0.3) is 5.56 Å². The Labute approximate surface area is 194 Å². The zero-order valence-corrected chi connectivity index (χ0v) is 18.9. The molecular formula is C25H22N4O3S. The van der Waals surface area contributed by atoms with Crippen molar-refractivity contribution < 1.29 is 9.47 Å². The molecule has 0 N–H and O–H groups in total. The van der Waals surface area contributed by atoms with Crippen LogP contribution in [0.5, 0.6) is 11.5 Å². The van der Waals surface area contributed by atoms with E-state index in [1.165, 1.54) is 0 Å². The van der Waals surface area contributed by atoms with Crippen LogP contribution in [0.3, 0.4) is 0 Å². The van der Waals surface area contributed by atoms with E-state index in [0.717, 1.165) is 28.6 Å². The molecule has 0 spiro atoms. The Morgan fingerprint density at radius 1 is 0.909 bits per heavy atom. The first-order valence-corrected chi connectivity index (χ1v) is 11.6. The number of ether oxygens (including phenoxy) is 2. The summed E-state index contributed by atoms with van der Waals surface area (Å²) in [6.45, 7) is 0.614. The third kappa shape index (κ3) is 4.17. The van der Waals surface area contributed by atoms with E-state index in [2.05, 4.69) is 10.2 Å². The first-order chi connectivity index (χ1) is 16.3. The number of fused-ring (bicyclic) bond motifs is 3. The molecule has 5 aromatic rings. The lowest BCUT2D eigenvalue weighted by Gasteiger charge is -2.12. The molecule has 3 aromatic carbocycles. The third-order valence-electron chi connectivity index (χ3n) is 5.24. The zero-order valence-electron chi connectivity index (χ0n) is 18.0. The Morgan fingerprint density at radius 2 is 1.70 bits per heavy atom. The summed E-state index contributed by atoms with van der Waals surface area (Å²) >= 11 is 1.59. The molecule has 0 aliphatic rings. The first-order valence-electron chi connectivity index (χ1n) is 10.6. The number of hydrogen-bond acceptors (Lipinski definition) is 6. The molecule has 2 heterocycles. The lowest BCUT2D eigenvalue weighted by molar-refractivity contribution is 0.318. The molecule has 0 fully saturated rings. The van der Waals surface area contributed by atoms with Crippen LogP contribution in [0.4, 0.5) is 0 Å². The number of benzene rings is 3. The molecule has 33 heavy (non-hydrogen) atoms. The van der Waals surface area contributed by atoms with Crippen molar-refractivity contribution in [3.63, 3.8) is 0 Å². The number of para-hydroxylation sites is 2. The maximum Gasteiger partial charge on any atom is 0.267 e. The standard InChI is InChI=1S/C25H22N4O3S/c1-31-20-12-7-9-18(17-20)28-23(30)21-13-5-6-14-22(21)29-24(28)26-27-25(29)33-16-8-15-32-19-10-3-2-4-11-19/h2-7,9-14,17H,8,15-16H2,1H3. The van der Waals surface area contributed by atoms with Gasteiger partial charge in [-0.05, 0) is 42.8 Å². The van der Waals surface area contributed by atoms with E-state index < -0.39 is 0 Å². The van der Waals surface area contributed by atoms with Crippen LogP contribution < -0.4 is 15.0 Å². The highest BCUT2D eigenvalue weighted by Crippen LogP contribution is 2.25. The average molecular weight is 459 g/mol. The third-order valence-corrected chi connectivity index (χ3v) is 6.25. The lowest BCUT2D eigenvalue weighted by atomic mass is 10.2. The van der Waals surface area contributed by atoms with Gasteiger partial charge in [0, 0.05) is 11.8 Å². The molecule has 0 atom stereocenters. The van der Waals surface area contributed by atoms with Crippen LogP contribution in [0.2, 0.25) is 0 Å². The van der Waals surface area contributed by atoms with Gasteiger partial charge in [-0.3, -0.25) is 9.20 Å². The summed E-state index contributed by atoms with van der Waals surface area (Å²) < 4.78 is 14.7. The van der Waals surface area contributed by atoms with Crippen LogP contribution in [-0.4, -0.2) is 38.6 Å². The van der Waals surface area contributed by atoms with Crippen molar-refractivity contribution in [1.82, 2.24) is 19.2 Å². The quantitative estimate of drug-likeness (QED) is 0.250. The summed E-state index contributed by atoms with van der Waals surface area (Å²) in [4.78, 5) is 13.4. The Bertz CT molecular complexity index is 1460. The van der Waals surface area contributed by atoms with Gasteiger partial charge in [0.1, 0.15) is 11.5 Å². The van der Waals surface area contributed by atoms with Crippen molar-refractivity contribution in [3.05, 3.63) is 89.2 Å². The fraction of sp³-hybridized carbons (Fsp3) is 0.160. The smallest absolute Gasteiger partial charge is 0.267 e. The minimum atomic E-state index is -0.147. The maximum absolute atomic E-state index is 13.4. The summed E-state index contributed by atoms with van der Waals surface area (Å²) in [6.07, 6.45) is 0.849. The minimum Gasteiger partial charge on any atom is -0.497 e. The van der Waals surface area contributed by atoms with Gasteiger partial charge < -0.3 is 9.47 Å². The van der Waals surface area contributed by atoms with Crippen molar-refractivity contribution in [2.24, 2.45) is 0 Å². The number of nitrogens with zero attached hydrogens (tertiary/aromatic N) is 4. The summed E-state index contributed by atoms with van der Waals surface area (Å²) in [5, 5.41) is 10.1. The second-order valence-corrected chi connectivity index (χ2v) is 8.40. The van der Waals surface area contributed by atoms with E-state index in [4.69, 9.17) is 9.47 Å². The second-order valence-electron chi connectivity index (χ2n) is 7.34. The van der Waals surface area contributed by atoms with Gasteiger partial charge in [-0.15, -0.1) is 10.2 Å². The van der Waals surface area contributed by atoms with E-state index in [9.17, 15) is 4.79 Å². The van der Waals surface area contributed by atoms with E-state index >= 15 is 0 Å². The van der Waals surface area contributed by atoms with Gasteiger partial charge in [0.2, 0.25) is 5.78 Å². The molecule has 5 rings (SSSR count). The molecule has 0 saturated heterocycles. The predicted octanol–water partition coefficient (Wildman–Crippen LogP) is 4.60. The number of aromatic nitrogens is 4. The van der Waals surface area contributed by atoms with Crippen LogP contribution in [0.25, 0.3) is 22.4 Å². The number of hydrogen-bond donors (Lipinski definition) is 0. The highest BCUT2D eigenvalue weighted by Gasteiger charge is 2.18. The Morgan fingerprint density at radius 3 is 2.55 bits per heavy atom. The fourth-order valence-corrected chi connectivity index (χ4v) is 4.54. The second kappa shape index (κ2) is 9.38. The van der Waals surface area contributed by atoms with E-state index in [0.29, 0.717) is 29.2 Å². The van der Waals surface area contributed by atoms with Gasteiger partial charge in [-0.2, -0.15) is 0 Å². The molecule has 0 radical (unpaired) electrons. The molecule has 8 heteroatoms. The highest BCUT2D eigenvalue weighted by molar-refractivity contribution is 7.99. The lowest BCUT2D eigenvalue weighted by Crippen LogP contribution is -2.21. The fourth-order valence-electron chi connectivity index (χ4n) is 3.68. The Hall–Kier alpha value is -3.78. The molecule has 0 amide bonds. The van der Waals surface area contributed by atoms with E-state index in [-0.39, 0.29) is 5.56 Å². The van der Waals surface area contributed by atoms with Gasteiger partial charge in [0.15, 0.2) is 5.16 Å². The molecular weight excluding hydrogens is 436 g/mol. The molecule has 166 valence electrons. The zero-order chi connectivity index (χ0) is 22.6. The monoisotopic (exact) mass is 458 g/mol. The summed E-state index contributed by atoms with van der Waals surface area (Å²) in [5.74, 6) is 2.80. The van der Waals surface area contributed by atoms with Gasteiger partial charge >= 0.3 is 0 Å². The van der Waals surface area contributed by atoms with Crippen molar-refractivity contribution in [2.75, 3.05) is 19.5 Å². The SMILES string of the molecule is COc1cccc(-n2c(=O)c3ccccc3n3c(SCCCOc4ccccc4)nnc23)c1. The summed E-state index contributed by atoms with van der Waals surface area (Å²) in [5.41, 5.74) is 1.31. The van der Waals surface area contributed by atoms with Gasteiger partial charge in [-0.1, -0.05) is 48.2 Å². The maximum atomic E-state index is 13.4. The van der Waals surface area contributed by atoms with Crippen LogP contribution in [0, 0.1) is 0 Å². The molecule has 0 aliphatic carbocycles. The number of thioether (sulfide) groups is 1. The Kier molecular flexibility index (Phi) is 5.99. The van der Waals surface area contributed by atoms with E-state index in [1.807, 2.05) is 83.3 Å².